The molecule has 0 atom stereocenters. The Labute approximate surface area is 151 Å². The molecule has 0 unspecified atom stereocenters. The first-order chi connectivity index (χ1) is 12.5. The van der Waals surface area contributed by atoms with E-state index < -0.39 is 5.97 Å². The third-order valence-electron chi connectivity index (χ3n) is 4.39. The number of rotatable bonds is 5. The van der Waals surface area contributed by atoms with Crippen LogP contribution in [0.15, 0.2) is 36.7 Å². The minimum absolute atomic E-state index is 0.0840. The lowest BCUT2D eigenvalue weighted by molar-refractivity contribution is -0.129. The van der Waals surface area contributed by atoms with Crippen molar-refractivity contribution in [3.63, 3.8) is 0 Å². The van der Waals surface area contributed by atoms with E-state index in [4.69, 9.17) is 5.11 Å². The Morgan fingerprint density at radius 1 is 1.12 bits per heavy atom. The highest BCUT2D eigenvalue weighted by Gasteiger charge is 2.20. The number of aromatic nitrogens is 2. The Morgan fingerprint density at radius 3 is 2.46 bits per heavy atom. The zero-order chi connectivity index (χ0) is 18.5. The standard InChI is InChI=1S/C18H21N5O3/c1-13(24)22-6-8-23(9-7-22)16-5-3-2-4-14(16)10-20-17-12-19-15(11-21-17)18(25)26/h2-5,11-12H,6-10H2,1H3,(H,20,21)(H,25,26). The third kappa shape index (κ3) is 4.08. The Kier molecular flexibility index (Phi) is 5.31. The molecule has 0 aliphatic carbocycles. The highest BCUT2D eigenvalue weighted by atomic mass is 16.4. The van der Waals surface area contributed by atoms with Gasteiger partial charge in [-0.15, -0.1) is 0 Å². The van der Waals surface area contributed by atoms with Gasteiger partial charge in [-0.1, -0.05) is 18.2 Å². The van der Waals surface area contributed by atoms with Crippen LogP contribution in [0.2, 0.25) is 0 Å². The molecule has 2 aromatic rings. The number of piperazine rings is 1. The van der Waals surface area contributed by atoms with Crippen LogP contribution in [-0.2, 0) is 11.3 Å². The fourth-order valence-corrected chi connectivity index (χ4v) is 2.95. The van der Waals surface area contributed by atoms with E-state index in [2.05, 4.69) is 26.3 Å². The summed E-state index contributed by atoms with van der Waals surface area (Å²) in [5.74, 6) is -0.465. The van der Waals surface area contributed by atoms with Crippen molar-refractivity contribution >= 4 is 23.4 Å². The van der Waals surface area contributed by atoms with Crippen LogP contribution < -0.4 is 10.2 Å². The van der Waals surface area contributed by atoms with E-state index in [0.29, 0.717) is 12.4 Å². The minimum atomic E-state index is -1.10. The Bertz CT molecular complexity index is 786. The lowest BCUT2D eigenvalue weighted by Gasteiger charge is -2.36. The first kappa shape index (κ1) is 17.7. The van der Waals surface area contributed by atoms with E-state index in [1.807, 2.05) is 23.1 Å². The van der Waals surface area contributed by atoms with Crippen molar-refractivity contribution in [3.05, 3.63) is 47.9 Å². The normalized spacial score (nSPS) is 14.2. The predicted molar refractivity (Wildman–Crippen MR) is 97.2 cm³/mol. The van der Waals surface area contributed by atoms with Gasteiger partial charge in [0.1, 0.15) is 5.82 Å². The number of para-hydroxylation sites is 1. The Balaban J connectivity index is 1.66. The van der Waals surface area contributed by atoms with Gasteiger partial charge in [-0.25, -0.2) is 14.8 Å². The molecule has 136 valence electrons. The molecule has 8 nitrogen and oxygen atoms in total. The summed E-state index contributed by atoms with van der Waals surface area (Å²) < 4.78 is 0. The lowest BCUT2D eigenvalue weighted by atomic mass is 10.1. The van der Waals surface area contributed by atoms with Crippen molar-refractivity contribution in [2.24, 2.45) is 0 Å². The molecule has 26 heavy (non-hydrogen) atoms. The molecule has 0 saturated carbocycles. The van der Waals surface area contributed by atoms with Crippen molar-refractivity contribution in [2.45, 2.75) is 13.5 Å². The number of amides is 1. The maximum absolute atomic E-state index is 11.5. The van der Waals surface area contributed by atoms with Gasteiger partial charge in [0, 0.05) is 45.3 Å². The smallest absolute Gasteiger partial charge is 0.356 e. The van der Waals surface area contributed by atoms with Crippen molar-refractivity contribution in [3.8, 4) is 0 Å². The van der Waals surface area contributed by atoms with Gasteiger partial charge in [-0.2, -0.15) is 0 Å². The topological polar surface area (TPSA) is 98.7 Å². The van der Waals surface area contributed by atoms with Crippen molar-refractivity contribution in [1.29, 1.82) is 0 Å². The lowest BCUT2D eigenvalue weighted by Crippen LogP contribution is -2.48. The van der Waals surface area contributed by atoms with E-state index >= 15 is 0 Å². The fraction of sp³-hybridized carbons (Fsp3) is 0.333. The van der Waals surface area contributed by atoms with Crippen molar-refractivity contribution < 1.29 is 14.7 Å². The number of carboxylic acids is 1. The molecule has 1 amide bonds. The molecule has 1 fully saturated rings. The summed E-state index contributed by atoms with van der Waals surface area (Å²) in [6.07, 6.45) is 2.65. The van der Waals surface area contributed by atoms with Gasteiger partial charge in [0.25, 0.3) is 0 Å². The molecule has 1 saturated heterocycles. The molecule has 2 heterocycles. The fourth-order valence-electron chi connectivity index (χ4n) is 2.95. The molecule has 1 aromatic heterocycles. The van der Waals surface area contributed by atoms with E-state index in [0.717, 1.165) is 37.4 Å². The van der Waals surface area contributed by atoms with Crippen LogP contribution >= 0.6 is 0 Å². The molecule has 0 bridgehead atoms. The number of nitrogens with zero attached hydrogens (tertiary/aromatic N) is 4. The van der Waals surface area contributed by atoms with E-state index in [-0.39, 0.29) is 11.6 Å². The van der Waals surface area contributed by atoms with E-state index in [1.54, 1.807) is 6.92 Å². The maximum atomic E-state index is 11.5. The van der Waals surface area contributed by atoms with Crippen LogP contribution in [0.4, 0.5) is 11.5 Å². The summed E-state index contributed by atoms with van der Waals surface area (Å²) in [4.78, 5) is 34.4. The van der Waals surface area contributed by atoms with Gasteiger partial charge >= 0.3 is 5.97 Å². The van der Waals surface area contributed by atoms with Crippen LogP contribution in [0.5, 0.6) is 0 Å². The van der Waals surface area contributed by atoms with Crippen molar-refractivity contribution in [2.75, 3.05) is 36.4 Å². The number of nitrogens with one attached hydrogen (secondary N) is 1. The number of carbonyl (C=O) groups is 2. The predicted octanol–water partition coefficient (Wildman–Crippen LogP) is 1.46. The minimum Gasteiger partial charge on any atom is -0.476 e. The third-order valence-corrected chi connectivity index (χ3v) is 4.39. The average Bonchev–Trinajstić information content (AvgIpc) is 2.67. The van der Waals surface area contributed by atoms with Crippen LogP contribution in [0.25, 0.3) is 0 Å². The number of aromatic carboxylic acids is 1. The zero-order valence-electron chi connectivity index (χ0n) is 14.6. The van der Waals surface area contributed by atoms with E-state index in [1.165, 1.54) is 12.4 Å². The number of anilines is 2. The summed E-state index contributed by atoms with van der Waals surface area (Å²) in [5.41, 5.74) is 2.14. The van der Waals surface area contributed by atoms with Gasteiger partial charge in [-0.05, 0) is 11.6 Å². The van der Waals surface area contributed by atoms with Crippen LogP contribution in [0, 0.1) is 0 Å². The van der Waals surface area contributed by atoms with Gasteiger partial charge in [0.2, 0.25) is 5.91 Å². The number of benzene rings is 1. The molecular formula is C18H21N5O3. The number of hydrogen-bond acceptors (Lipinski definition) is 6. The summed E-state index contributed by atoms with van der Waals surface area (Å²) in [7, 11) is 0. The summed E-state index contributed by atoms with van der Waals surface area (Å²) >= 11 is 0. The quantitative estimate of drug-likeness (QED) is 0.837. The maximum Gasteiger partial charge on any atom is 0.356 e. The van der Waals surface area contributed by atoms with Gasteiger partial charge in [-0.3, -0.25) is 4.79 Å². The SMILES string of the molecule is CC(=O)N1CCN(c2ccccc2CNc2cnc(C(=O)O)cn2)CC1. The molecular weight excluding hydrogens is 334 g/mol. The van der Waals surface area contributed by atoms with Gasteiger partial charge in [0.05, 0.1) is 12.4 Å². The van der Waals surface area contributed by atoms with Crippen molar-refractivity contribution in [1.82, 2.24) is 14.9 Å². The summed E-state index contributed by atoms with van der Waals surface area (Å²) in [5, 5.41) is 12.0. The Morgan fingerprint density at radius 2 is 1.85 bits per heavy atom. The van der Waals surface area contributed by atoms with E-state index in [9.17, 15) is 9.59 Å². The van der Waals surface area contributed by atoms with Crippen LogP contribution in [0.1, 0.15) is 23.0 Å². The molecule has 0 radical (unpaired) electrons. The molecule has 3 rings (SSSR count). The van der Waals surface area contributed by atoms with Crippen LogP contribution in [-0.4, -0.2) is 58.0 Å². The van der Waals surface area contributed by atoms with Crippen LogP contribution in [0.3, 0.4) is 0 Å². The first-order valence-corrected chi connectivity index (χ1v) is 8.42. The molecule has 2 N–H and O–H groups in total. The second-order valence-electron chi connectivity index (χ2n) is 6.07. The molecule has 1 aliphatic heterocycles. The monoisotopic (exact) mass is 355 g/mol. The summed E-state index contributed by atoms with van der Waals surface area (Å²) in [6.45, 7) is 5.18. The number of carbonyl (C=O) groups excluding carboxylic acids is 1. The molecule has 1 aliphatic rings. The molecule has 8 heteroatoms. The van der Waals surface area contributed by atoms with Gasteiger partial charge in [0.15, 0.2) is 5.69 Å². The zero-order valence-corrected chi connectivity index (χ0v) is 14.6. The first-order valence-electron chi connectivity index (χ1n) is 8.42. The second-order valence-corrected chi connectivity index (χ2v) is 6.07. The largest absolute Gasteiger partial charge is 0.476 e. The highest BCUT2D eigenvalue weighted by Crippen LogP contribution is 2.22. The highest BCUT2D eigenvalue weighted by molar-refractivity contribution is 5.84. The molecule has 1 aromatic carbocycles. The summed E-state index contributed by atoms with van der Waals surface area (Å²) in [6, 6.07) is 8.08. The Hall–Kier alpha value is -3.16. The van der Waals surface area contributed by atoms with Gasteiger partial charge < -0.3 is 20.2 Å². The molecule has 0 spiro atoms. The number of carboxylic acid groups (broad SMARTS) is 1. The average molecular weight is 355 g/mol. The second kappa shape index (κ2) is 7.81. The number of hydrogen-bond donors (Lipinski definition) is 2.